The van der Waals surface area contributed by atoms with E-state index in [1.807, 2.05) is 0 Å². The molecule has 7 heteroatoms. The Morgan fingerprint density at radius 2 is 2.15 bits per heavy atom. The molecule has 0 spiro atoms. The molecular formula is C13H13N3O4. The zero-order chi connectivity index (χ0) is 14.1. The quantitative estimate of drug-likeness (QED) is 0.890. The topological polar surface area (TPSA) is 86.5 Å². The summed E-state index contributed by atoms with van der Waals surface area (Å²) in [5.41, 5.74) is 0.878. The lowest BCUT2D eigenvalue weighted by atomic mass is 10.1. The fourth-order valence-electron chi connectivity index (χ4n) is 2.16. The molecule has 0 aliphatic carbocycles. The number of para-hydroxylation sites is 1. The molecule has 2 heterocycles. The van der Waals surface area contributed by atoms with Crippen LogP contribution in [0.1, 0.15) is 16.9 Å². The Hall–Kier alpha value is -2.57. The maximum absolute atomic E-state index is 11.3. The summed E-state index contributed by atoms with van der Waals surface area (Å²) in [6.45, 7) is 1.09. The molecule has 1 aliphatic rings. The second-order valence-electron chi connectivity index (χ2n) is 4.40. The predicted octanol–water partition coefficient (Wildman–Crippen LogP) is 1.34. The first-order chi connectivity index (χ1) is 9.68. The summed E-state index contributed by atoms with van der Waals surface area (Å²) in [4.78, 5) is 11.3. The van der Waals surface area contributed by atoms with Crippen LogP contribution in [0, 0.1) is 0 Å². The molecule has 1 N–H and O–H groups in total. The Kier molecular flexibility index (Phi) is 3.02. The van der Waals surface area contributed by atoms with Crippen molar-refractivity contribution in [3.05, 3.63) is 23.9 Å². The molecule has 0 bridgehead atoms. The summed E-state index contributed by atoms with van der Waals surface area (Å²) in [6.07, 6.45) is 0.778. The molecule has 0 atom stereocenters. The SMILES string of the molecule is Cn1nnc(-c2cccc3c2OCCCO3)c1C(=O)O. The van der Waals surface area contributed by atoms with E-state index in [1.54, 1.807) is 25.2 Å². The van der Waals surface area contributed by atoms with Gasteiger partial charge in [-0.3, -0.25) is 0 Å². The van der Waals surface area contributed by atoms with Crippen LogP contribution in [0.2, 0.25) is 0 Å². The van der Waals surface area contributed by atoms with Gasteiger partial charge in [-0.25, -0.2) is 9.48 Å². The van der Waals surface area contributed by atoms with Crippen LogP contribution in [0.15, 0.2) is 18.2 Å². The summed E-state index contributed by atoms with van der Waals surface area (Å²) in [7, 11) is 1.54. The fraction of sp³-hybridized carbons (Fsp3) is 0.308. The maximum atomic E-state index is 11.3. The van der Waals surface area contributed by atoms with Crippen LogP contribution in [0.25, 0.3) is 11.3 Å². The number of benzene rings is 1. The number of hydrogen-bond donors (Lipinski definition) is 1. The zero-order valence-corrected chi connectivity index (χ0v) is 10.9. The van der Waals surface area contributed by atoms with E-state index in [4.69, 9.17) is 9.47 Å². The molecule has 1 aliphatic heterocycles. The van der Waals surface area contributed by atoms with Crippen LogP contribution < -0.4 is 9.47 Å². The minimum absolute atomic E-state index is 0.0197. The lowest BCUT2D eigenvalue weighted by Crippen LogP contribution is -2.07. The highest BCUT2D eigenvalue weighted by atomic mass is 16.5. The Morgan fingerprint density at radius 1 is 1.35 bits per heavy atom. The molecule has 0 fully saturated rings. The molecule has 1 aromatic heterocycles. The summed E-state index contributed by atoms with van der Waals surface area (Å²) < 4.78 is 12.5. The standard InChI is InChI=1S/C13H13N3O4/c1-16-11(13(17)18)10(14-15-16)8-4-2-5-9-12(8)20-7-3-6-19-9/h2,4-5H,3,6-7H2,1H3,(H,17,18). The molecule has 0 unspecified atom stereocenters. The van der Waals surface area contributed by atoms with E-state index >= 15 is 0 Å². The van der Waals surface area contributed by atoms with Crippen molar-refractivity contribution in [2.75, 3.05) is 13.2 Å². The third-order valence-electron chi connectivity index (χ3n) is 3.06. The van der Waals surface area contributed by atoms with Crippen LogP contribution in [-0.4, -0.2) is 39.3 Å². The maximum Gasteiger partial charge on any atom is 0.356 e. The summed E-state index contributed by atoms with van der Waals surface area (Å²) >= 11 is 0. The number of ether oxygens (including phenoxy) is 2. The molecule has 0 saturated heterocycles. The van der Waals surface area contributed by atoms with E-state index in [9.17, 15) is 9.90 Å². The van der Waals surface area contributed by atoms with Crippen molar-refractivity contribution in [3.63, 3.8) is 0 Å². The minimum atomic E-state index is -1.08. The molecule has 7 nitrogen and oxygen atoms in total. The molecular weight excluding hydrogens is 262 g/mol. The first-order valence-corrected chi connectivity index (χ1v) is 6.20. The number of carbonyl (C=O) groups is 1. The zero-order valence-electron chi connectivity index (χ0n) is 10.9. The number of nitrogens with zero attached hydrogens (tertiary/aromatic N) is 3. The van der Waals surface area contributed by atoms with Gasteiger partial charge in [-0.05, 0) is 12.1 Å². The van der Waals surface area contributed by atoms with Gasteiger partial charge in [-0.15, -0.1) is 5.10 Å². The largest absolute Gasteiger partial charge is 0.490 e. The Labute approximate surface area is 114 Å². The van der Waals surface area contributed by atoms with Crippen molar-refractivity contribution in [2.45, 2.75) is 6.42 Å². The van der Waals surface area contributed by atoms with Crippen LogP contribution in [0.5, 0.6) is 11.5 Å². The highest BCUT2D eigenvalue weighted by molar-refractivity contribution is 5.94. The van der Waals surface area contributed by atoms with Crippen molar-refractivity contribution < 1.29 is 19.4 Å². The first-order valence-electron chi connectivity index (χ1n) is 6.20. The van der Waals surface area contributed by atoms with Gasteiger partial charge in [0.25, 0.3) is 0 Å². The lowest BCUT2D eigenvalue weighted by Gasteiger charge is -2.11. The number of aromatic carboxylic acids is 1. The van der Waals surface area contributed by atoms with E-state index in [-0.39, 0.29) is 11.4 Å². The van der Waals surface area contributed by atoms with Gasteiger partial charge in [0.1, 0.15) is 5.69 Å². The first kappa shape index (κ1) is 12.5. The summed E-state index contributed by atoms with van der Waals surface area (Å²) in [5.74, 6) is 0.0367. The highest BCUT2D eigenvalue weighted by Gasteiger charge is 2.24. The average molecular weight is 275 g/mol. The van der Waals surface area contributed by atoms with Gasteiger partial charge in [0.2, 0.25) is 0 Å². The highest BCUT2D eigenvalue weighted by Crippen LogP contribution is 2.39. The summed E-state index contributed by atoms with van der Waals surface area (Å²) in [5, 5.41) is 17.0. The molecule has 1 aromatic carbocycles. The van der Waals surface area contributed by atoms with Crippen LogP contribution >= 0.6 is 0 Å². The van der Waals surface area contributed by atoms with Gasteiger partial charge < -0.3 is 14.6 Å². The molecule has 0 radical (unpaired) electrons. The van der Waals surface area contributed by atoms with Gasteiger partial charge in [0.15, 0.2) is 17.2 Å². The van der Waals surface area contributed by atoms with E-state index in [0.717, 1.165) is 6.42 Å². The van der Waals surface area contributed by atoms with Crippen LogP contribution in [0.3, 0.4) is 0 Å². The number of aryl methyl sites for hydroxylation is 1. The lowest BCUT2D eigenvalue weighted by molar-refractivity contribution is 0.0686. The summed E-state index contributed by atoms with van der Waals surface area (Å²) in [6, 6.07) is 5.33. The fourth-order valence-corrected chi connectivity index (χ4v) is 2.16. The average Bonchev–Trinajstić information content (AvgIpc) is 2.66. The number of fused-ring (bicyclic) bond motifs is 1. The number of carboxylic acid groups (broad SMARTS) is 1. The van der Waals surface area contributed by atoms with Gasteiger partial charge in [0.05, 0.1) is 18.8 Å². The van der Waals surface area contributed by atoms with Gasteiger partial charge >= 0.3 is 5.97 Å². The minimum Gasteiger partial charge on any atom is -0.490 e. The second-order valence-corrected chi connectivity index (χ2v) is 4.40. The van der Waals surface area contributed by atoms with E-state index < -0.39 is 5.97 Å². The van der Waals surface area contributed by atoms with Crippen molar-refractivity contribution >= 4 is 5.97 Å². The number of carboxylic acids is 1. The van der Waals surface area contributed by atoms with Gasteiger partial charge in [-0.2, -0.15) is 0 Å². The third-order valence-corrected chi connectivity index (χ3v) is 3.06. The van der Waals surface area contributed by atoms with Crippen LogP contribution in [-0.2, 0) is 7.05 Å². The number of aromatic nitrogens is 3. The molecule has 20 heavy (non-hydrogen) atoms. The number of rotatable bonds is 2. The van der Waals surface area contributed by atoms with Crippen molar-refractivity contribution in [1.82, 2.24) is 15.0 Å². The van der Waals surface area contributed by atoms with Crippen LogP contribution in [0.4, 0.5) is 0 Å². The van der Waals surface area contributed by atoms with E-state index in [0.29, 0.717) is 30.3 Å². The molecule has 2 aromatic rings. The number of hydrogen-bond acceptors (Lipinski definition) is 5. The van der Waals surface area contributed by atoms with Gasteiger partial charge in [-0.1, -0.05) is 11.3 Å². The molecule has 0 saturated carbocycles. The molecule has 3 rings (SSSR count). The monoisotopic (exact) mass is 275 g/mol. The second kappa shape index (κ2) is 4.84. The third kappa shape index (κ3) is 1.97. The van der Waals surface area contributed by atoms with Crippen molar-refractivity contribution in [1.29, 1.82) is 0 Å². The smallest absolute Gasteiger partial charge is 0.356 e. The van der Waals surface area contributed by atoms with Gasteiger partial charge in [0, 0.05) is 13.5 Å². The predicted molar refractivity (Wildman–Crippen MR) is 69.0 cm³/mol. The Bertz CT molecular complexity index is 666. The van der Waals surface area contributed by atoms with E-state index in [1.165, 1.54) is 4.68 Å². The Morgan fingerprint density at radius 3 is 2.95 bits per heavy atom. The Balaban J connectivity index is 2.18. The van der Waals surface area contributed by atoms with Crippen molar-refractivity contribution in [3.8, 4) is 22.8 Å². The molecule has 104 valence electrons. The van der Waals surface area contributed by atoms with Crippen molar-refractivity contribution in [2.24, 2.45) is 7.05 Å². The van der Waals surface area contributed by atoms with E-state index in [2.05, 4.69) is 10.3 Å². The normalized spacial score (nSPS) is 13.8. The molecule has 0 amide bonds.